The molecular weight excluding hydrogens is 450 g/mol. The van der Waals surface area contributed by atoms with E-state index in [1.807, 2.05) is 49.4 Å². The summed E-state index contributed by atoms with van der Waals surface area (Å²) in [6.07, 6.45) is 4.30. The average molecular weight is 476 g/mol. The Labute approximate surface area is 203 Å². The van der Waals surface area contributed by atoms with Crippen molar-refractivity contribution >= 4 is 51.1 Å². The fraction of sp³-hybridized carbons (Fsp3) is 0.185. The molecule has 1 fully saturated rings. The number of rotatable bonds is 8. The first-order chi connectivity index (χ1) is 16.0. The van der Waals surface area contributed by atoms with Gasteiger partial charge in [0.15, 0.2) is 11.5 Å². The Morgan fingerprint density at radius 2 is 1.91 bits per heavy atom. The quantitative estimate of drug-likeness (QED) is 0.215. The summed E-state index contributed by atoms with van der Waals surface area (Å²) in [5, 5.41) is 2.34. The van der Waals surface area contributed by atoms with Gasteiger partial charge < -0.3 is 9.47 Å². The van der Waals surface area contributed by atoms with Crippen molar-refractivity contribution in [1.82, 2.24) is 4.90 Å². The fourth-order valence-corrected chi connectivity index (χ4v) is 5.27. The van der Waals surface area contributed by atoms with E-state index in [0.717, 1.165) is 16.7 Å². The van der Waals surface area contributed by atoms with Crippen LogP contribution >= 0.6 is 24.0 Å². The molecule has 3 aromatic rings. The Hall–Kier alpha value is -3.09. The predicted molar refractivity (Wildman–Crippen MR) is 141 cm³/mol. The Morgan fingerprint density at radius 1 is 1.12 bits per heavy atom. The van der Waals surface area contributed by atoms with Gasteiger partial charge in [0.1, 0.15) is 10.9 Å². The van der Waals surface area contributed by atoms with Gasteiger partial charge in [0, 0.05) is 12.1 Å². The van der Waals surface area contributed by atoms with E-state index in [1.54, 1.807) is 12.0 Å². The van der Waals surface area contributed by atoms with E-state index >= 15 is 0 Å². The zero-order valence-electron chi connectivity index (χ0n) is 18.7. The number of benzene rings is 3. The molecular formula is C27H25NO3S2. The van der Waals surface area contributed by atoms with Gasteiger partial charge in [-0.15, -0.1) is 6.58 Å². The van der Waals surface area contributed by atoms with Crippen LogP contribution in [0.25, 0.3) is 16.8 Å². The van der Waals surface area contributed by atoms with Crippen molar-refractivity contribution in [2.45, 2.75) is 20.0 Å². The van der Waals surface area contributed by atoms with E-state index in [4.69, 9.17) is 21.7 Å². The van der Waals surface area contributed by atoms with E-state index in [-0.39, 0.29) is 5.91 Å². The van der Waals surface area contributed by atoms with Crippen molar-refractivity contribution < 1.29 is 14.3 Å². The minimum Gasteiger partial charge on any atom is -0.493 e. The molecule has 4 nitrogen and oxygen atoms in total. The summed E-state index contributed by atoms with van der Waals surface area (Å²) in [6.45, 7) is 6.79. The van der Waals surface area contributed by atoms with Crippen LogP contribution in [0.2, 0.25) is 0 Å². The first-order valence-corrected chi connectivity index (χ1v) is 11.9. The highest BCUT2D eigenvalue weighted by atomic mass is 32.2. The van der Waals surface area contributed by atoms with E-state index < -0.39 is 0 Å². The average Bonchev–Trinajstić information content (AvgIpc) is 3.10. The maximum Gasteiger partial charge on any atom is 0.266 e. The number of allylic oxidation sites excluding steroid dienone is 1. The maximum absolute atomic E-state index is 12.6. The zero-order valence-corrected chi connectivity index (χ0v) is 20.3. The van der Waals surface area contributed by atoms with Crippen LogP contribution in [0, 0.1) is 0 Å². The highest BCUT2D eigenvalue weighted by Crippen LogP contribution is 2.37. The summed E-state index contributed by atoms with van der Waals surface area (Å²) in [5.74, 6) is 1.24. The number of nitrogens with zero attached hydrogens (tertiary/aromatic N) is 1. The van der Waals surface area contributed by atoms with Crippen molar-refractivity contribution in [3.63, 3.8) is 0 Å². The van der Waals surface area contributed by atoms with Crippen molar-refractivity contribution in [3.8, 4) is 11.5 Å². The molecule has 6 heteroatoms. The molecule has 1 saturated heterocycles. The number of carbonyl (C=O) groups excluding carboxylic acids is 1. The van der Waals surface area contributed by atoms with Crippen molar-refractivity contribution in [2.24, 2.45) is 0 Å². The van der Waals surface area contributed by atoms with E-state index in [9.17, 15) is 4.79 Å². The number of hydrogen-bond donors (Lipinski definition) is 0. The highest BCUT2D eigenvalue weighted by molar-refractivity contribution is 8.26. The van der Waals surface area contributed by atoms with Gasteiger partial charge in [0.05, 0.1) is 12.0 Å². The van der Waals surface area contributed by atoms with Gasteiger partial charge in [-0.25, -0.2) is 0 Å². The summed E-state index contributed by atoms with van der Waals surface area (Å²) in [7, 11) is 1.62. The van der Waals surface area contributed by atoms with Crippen LogP contribution in [0.4, 0.5) is 0 Å². The minimum absolute atomic E-state index is 0.0620. The minimum atomic E-state index is -0.0620. The van der Waals surface area contributed by atoms with E-state index in [0.29, 0.717) is 40.3 Å². The number of carbonyl (C=O) groups is 1. The molecule has 3 aromatic carbocycles. The fourth-order valence-electron chi connectivity index (χ4n) is 3.88. The van der Waals surface area contributed by atoms with Crippen LogP contribution in [-0.4, -0.2) is 28.8 Å². The maximum atomic E-state index is 12.6. The summed E-state index contributed by atoms with van der Waals surface area (Å²) < 4.78 is 12.6. The Morgan fingerprint density at radius 3 is 2.64 bits per heavy atom. The Balaban J connectivity index is 1.67. The molecule has 0 saturated carbocycles. The number of likely N-dealkylation sites (N-methyl/N-ethyl adjacent to an activating group) is 1. The first-order valence-electron chi connectivity index (χ1n) is 10.7. The molecule has 1 aliphatic rings. The molecule has 0 atom stereocenters. The molecule has 33 heavy (non-hydrogen) atoms. The van der Waals surface area contributed by atoms with Crippen molar-refractivity contribution in [2.75, 3.05) is 13.7 Å². The molecule has 0 N–H and O–H groups in total. The summed E-state index contributed by atoms with van der Waals surface area (Å²) in [6, 6.07) is 18.4. The molecule has 0 radical (unpaired) electrons. The van der Waals surface area contributed by atoms with Crippen molar-refractivity contribution in [3.05, 3.63) is 88.8 Å². The van der Waals surface area contributed by atoms with Gasteiger partial charge >= 0.3 is 0 Å². The molecule has 0 unspecified atom stereocenters. The third-order valence-corrected chi connectivity index (χ3v) is 6.86. The Kier molecular flexibility index (Phi) is 7.16. The lowest BCUT2D eigenvalue weighted by molar-refractivity contribution is -0.121. The molecule has 0 aromatic heterocycles. The lowest BCUT2D eigenvalue weighted by Gasteiger charge is -2.17. The summed E-state index contributed by atoms with van der Waals surface area (Å²) in [4.78, 5) is 14.8. The van der Waals surface area contributed by atoms with Gasteiger partial charge in [-0.05, 0) is 53.5 Å². The molecule has 1 amide bonds. The van der Waals surface area contributed by atoms with Crippen LogP contribution < -0.4 is 9.47 Å². The molecule has 1 heterocycles. The molecule has 1 aliphatic heterocycles. The third kappa shape index (κ3) is 4.82. The van der Waals surface area contributed by atoms with Crippen LogP contribution in [0.5, 0.6) is 11.5 Å². The third-order valence-electron chi connectivity index (χ3n) is 5.48. The number of methoxy groups -OCH3 is 1. The first kappa shape index (κ1) is 23.1. The number of ether oxygens (including phenoxy) is 2. The lowest BCUT2D eigenvalue weighted by atomic mass is 10.0. The second-order valence-corrected chi connectivity index (χ2v) is 9.23. The summed E-state index contributed by atoms with van der Waals surface area (Å²) >= 11 is 6.65. The van der Waals surface area contributed by atoms with Gasteiger partial charge in [-0.3, -0.25) is 9.69 Å². The standard InChI is InChI=1S/C27H25NO3S2/c1-4-9-20-14-18(16-24-26(29)28(5-2)27(32)33-24)15-23(30-3)25(20)31-17-21-12-8-11-19-10-6-7-13-22(19)21/h4,6-8,10-16H,1,5,9,17H2,2-3H3. The van der Waals surface area contributed by atoms with Crippen LogP contribution in [0.1, 0.15) is 23.6 Å². The second kappa shape index (κ2) is 10.2. The number of fused-ring (bicyclic) bond motifs is 1. The molecule has 4 rings (SSSR count). The molecule has 168 valence electrons. The van der Waals surface area contributed by atoms with Gasteiger partial charge in [0.25, 0.3) is 5.91 Å². The predicted octanol–water partition coefficient (Wildman–Crippen LogP) is 6.38. The van der Waals surface area contributed by atoms with Crippen LogP contribution in [0.15, 0.2) is 72.2 Å². The molecule has 0 spiro atoms. The van der Waals surface area contributed by atoms with Crippen LogP contribution in [0.3, 0.4) is 0 Å². The SMILES string of the molecule is C=CCc1cc(C=C2SC(=S)N(CC)C2=O)cc(OC)c1OCc1cccc2ccccc12. The van der Waals surface area contributed by atoms with Gasteiger partial charge in [-0.1, -0.05) is 72.5 Å². The lowest BCUT2D eigenvalue weighted by Crippen LogP contribution is -2.27. The van der Waals surface area contributed by atoms with Gasteiger partial charge in [-0.2, -0.15) is 0 Å². The van der Waals surface area contributed by atoms with E-state index in [2.05, 4.69) is 30.8 Å². The summed E-state index contributed by atoms with van der Waals surface area (Å²) in [5.41, 5.74) is 2.91. The van der Waals surface area contributed by atoms with Crippen LogP contribution in [-0.2, 0) is 17.8 Å². The number of thioether (sulfide) groups is 1. The number of hydrogen-bond acceptors (Lipinski definition) is 5. The second-order valence-electron chi connectivity index (χ2n) is 7.56. The normalized spacial score (nSPS) is 14.8. The molecule has 0 aliphatic carbocycles. The topological polar surface area (TPSA) is 38.8 Å². The molecule has 0 bridgehead atoms. The zero-order chi connectivity index (χ0) is 23.4. The van der Waals surface area contributed by atoms with E-state index in [1.165, 1.54) is 22.5 Å². The Bertz CT molecular complexity index is 1260. The van der Waals surface area contributed by atoms with Gasteiger partial charge in [0.2, 0.25) is 0 Å². The highest BCUT2D eigenvalue weighted by Gasteiger charge is 2.30. The largest absolute Gasteiger partial charge is 0.493 e. The number of amides is 1. The van der Waals surface area contributed by atoms with Crippen molar-refractivity contribution in [1.29, 1.82) is 0 Å². The number of thiocarbonyl (C=S) groups is 1. The monoisotopic (exact) mass is 475 g/mol. The smallest absolute Gasteiger partial charge is 0.266 e.